The van der Waals surface area contributed by atoms with Gasteiger partial charge in [-0.1, -0.05) is 19.1 Å². The molecule has 0 fully saturated rings. The zero-order valence-corrected chi connectivity index (χ0v) is 10.0. The van der Waals surface area contributed by atoms with Crippen LogP contribution in [0.25, 0.3) is 0 Å². The first-order valence-electron chi connectivity index (χ1n) is 5.41. The Bertz CT molecular complexity index is 425. The van der Waals surface area contributed by atoms with Crippen LogP contribution in [-0.2, 0) is 13.5 Å². The lowest BCUT2D eigenvalue weighted by molar-refractivity contribution is -0.384. The second-order valence-electron chi connectivity index (χ2n) is 3.47. The molecule has 0 aliphatic rings. The lowest BCUT2D eigenvalue weighted by Crippen LogP contribution is -2.06. The van der Waals surface area contributed by atoms with Crippen molar-refractivity contribution in [2.45, 2.75) is 13.3 Å². The van der Waals surface area contributed by atoms with Gasteiger partial charge in [0.25, 0.3) is 0 Å². The van der Waals surface area contributed by atoms with E-state index in [-0.39, 0.29) is 5.69 Å². The van der Waals surface area contributed by atoms with Gasteiger partial charge in [-0.2, -0.15) is 5.10 Å². The Kier molecular flexibility index (Phi) is 4.65. The van der Waals surface area contributed by atoms with Gasteiger partial charge >= 0.3 is 5.69 Å². The van der Waals surface area contributed by atoms with E-state index in [1.165, 1.54) is 4.68 Å². The zero-order chi connectivity index (χ0) is 12.8. The van der Waals surface area contributed by atoms with Crippen LogP contribution in [0.5, 0.6) is 0 Å². The van der Waals surface area contributed by atoms with Crippen LogP contribution in [0.15, 0.2) is 12.2 Å². The highest BCUT2D eigenvalue weighted by molar-refractivity contribution is 5.60. The van der Waals surface area contributed by atoms with Gasteiger partial charge in [-0.3, -0.25) is 10.1 Å². The predicted octanol–water partition coefficient (Wildman–Crippen LogP) is 0.818. The molecule has 7 nitrogen and oxygen atoms in total. The maximum absolute atomic E-state index is 11.0. The van der Waals surface area contributed by atoms with Gasteiger partial charge in [0, 0.05) is 20.1 Å². The number of aryl methyl sites for hydroxylation is 2. The summed E-state index contributed by atoms with van der Waals surface area (Å²) in [7, 11) is 1.68. The van der Waals surface area contributed by atoms with Crippen LogP contribution in [0.4, 0.5) is 11.5 Å². The van der Waals surface area contributed by atoms with Crippen LogP contribution in [0.1, 0.15) is 12.6 Å². The fraction of sp³-hybridized carbons (Fsp3) is 0.500. The average molecular weight is 239 g/mol. The lowest BCUT2D eigenvalue weighted by Gasteiger charge is -2.02. The van der Waals surface area contributed by atoms with Gasteiger partial charge in [-0.25, -0.2) is 4.68 Å². The van der Waals surface area contributed by atoms with Crippen LogP contribution in [0.2, 0.25) is 0 Å². The molecule has 94 valence electrons. The van der Waals surface area contributed by atoms with Crippen molar-refractivity contribution in [3.63, 3.8) is 0 Å². The first kappa shape index (κ1) is 13.2. The predicted molar refractivity (Wildman–Crippen MR) is 65.9 cm³/mol. The van der Waals surface area contributed by atoms with Crippen LogP contribution in [0.3, 0.4) is 0 Å². The molecule has 1 aromatic rings. The van der Waals surface area contributed by atoms with Crippen molar-refractivity contribution >= 4 is 11.5 Å². The summed E-state index contributed by atoms with van der Waals surface area (Å²) >= 11 is 0. The number of anilines is 1. The molecule has 7 heteroatoms. The number of nitrogens with one attached hydrogen (secondary N) is 1. The molecule has 1 heterocycles. The summed E-state index contributed by atoms with van der Waals surface area (Å²) in [6.45, 7) is 2.78. The van der Waals surface area contributed by atoms with Gasteiger partial charge < -0.3 is 11.1 Å². The maximum Gasteiger partial charge on any atom is 0.333 e. The Labute approximate surface area is 99.4 Å². The van der Waals surface area contributed by atoms with Crippen molar-refractivity contribution in [1.29, 1.82) is 0 Å². The van der Waals surface area contributed by atoms with E-state index in [1.807, 2.05) is 13.0 Å². The Morgan fingerprint density at radius 1 is 1.59 bits per heavy atom. The number of nitrogens with zero attached hydrogens (tertiary/aromatic N) is 3. The van der Waals surface area contributed by atoms with Gasteiger partial charge in [-0.05, 0) is 6.42 Å². The minimum Gasteiger partial charge on any atom is -0.361 e. The molecule has 0 bridgehead atoms. The highest BCUT2D eigenvalue weighted by Crippen LogP contribution is 2.27. The van der Waals surface area contributed by atoms with Crippen molar-refractivity contribution in [3.05, 3.63) is 28.0 Å². The second-order valence-corrected chi connectivity index (χ2v) is 3.47. The number of hydrogen-bond donors (Lipinski definition) is 2. The Hall–Kier alpha value is -1.89. The normalized spacial score (nSPS) is 11.0. The summed E-state index contributed by atoms with van der Waals surface area (Å²) in [6.07, 6.45) is 4.14. The Morgan fingerprint density at radius 2 is 2.29 bits per heavy atom. The summed E-state index contributed by atoms with van der Waals surface area (Å²) in [6, 6.07) is 0. The summed E-state index contributed by atoms with van der Waals surface area (Å²) in [4.78, 5) is 10.6. The molecule has 0 saturated carbocycles. The number of aromatic nitrogens is 2. The molecule has 17 heavy (non-hydrogen) atoms. The highest BCUT2D eigenvalue weighted by Gasteiger charge is 2.24. The standard InChI is InChI=1S/C10H17N5O2/c1-3-8-9(15(16)17)10(14(2)13-8)12-7-5-4-6-11/h4-5,12H,3,6-7,11H2,1-2H3/b5-4+. The molecule has 1 aromatic heterocycles. The zero-order valence-electron chi connectivity index (χ0n) is 10.0. The summed E-state index contributed by atoms with van der Waals surface area (Å²) in [5, 5.41) is 18.1. The Balaban J connectivity index is 2.93. The monoisotopic (exact) mass is 239 g/mol. The molecule has 0 aliphatic heterocycles. The van der Waals surface area contributed by atoms with E-state index in [9.17, 15) is 10.1 Å². The SMILES string of the molecule is CCc1nn(C)c(NC/C=C/CN)c1[N+](=O)[O-]. The first-order valence-corrected chi connectivity index (χ1v) is 5.41. The number of nitrogens with two attached hydrogens (primary N) is 1. The highest BCUT2D eigenvalue weighted by atomic mass is 16.6. The van der Waals surface area contributed by atoms with E-state index >= 15 is 0 Å². The van der Waals surface area contributed by atoms with Gasteiger partial charge in [0.2, 0.25) is 5.82 Å². The van der Waals surface area contributed by atoms with E-state index in [1.54, 1.807) is 13.1 Å². The Morgan fingerprint density at radius 3 is 2.82 bits per heavy atom. The molecule has 3 N–H and O–H groups in total. The van der Waals surface area contributed by atoms with Gasteiger partial charge in [0.1, 0.15) is 5.69 Å². The molecule has 0 aromatic carbocycles. The number of nitro groups is 1. The smallest absolute Gasteiger partial charge is 0.333 e. The van der Waals surface area contributed by atoms with Crippen LogP contribution >= 0.6 is 0 Å². The fourth-order valence-corrected chi connectivity index (χ4v) is 1.53. The summed E-state index contributed by atoms with van der Waals surface area (Å²) in [5.41, 5.74) is 5.84. The molecule has 0 unspecified atom stereocenters. The molecule has 0 saturated heterocycles. The molecule has 0 amide bonds. The lowest BCUT2D eigenvalue weighted by atomic mass is 10.3. The molecule has 0 aliphatic carbocycles. The van der Waals surface area contributed by atoms with E-state index in [0.717, 1.165) is 0 Å². The van der Waals surface area contributed by atoms with Crippen LogP contribution in [0, 0.1) is 10.1 Å². The van der Waals surface area contributed by atoms with Crippen molar-refractivity contribution in [2.24, 2.45) is 12.8 Å². The summed E-state index contributed by atoms with van der Waals surface area (Å²) < 4.78 is 1.49. The largest absolute Gasteiger partial charge is 0.361 e. The van der Waals surface area contributed by atoms with Crippen molar-refractivity contribution in [3.8, 4) is 0 Å². The quantitative estimate of drug-likeness (QED) is 0.435. The molecular formula is C10H17N5O2. The second kappa shape index (κ2) is 6.00. The van der Waals surface area contributed by atoms with E-state index in [2.05, 4.69) is 10.4 Å². The van der Waals surface area contributed by atoms with Gasteiger partial charge in [0.15, 0.2) is 0 Å². The summed E-state index contributed by atoms with van der Waals surface area (Å²) in [5.74, 6) is 0.425. The average Bonchev–Trinajstić information content (AvgIpc) is 2.61. The van der Waals surface area contributed by atoms with Gasteiger partial charge in [0.05, 0.1) is 4.92 Å². The molecular weight excluding hydrogens is 222 g/mol. The van der Waals surface area contributed by atoms with Gasteiger partial charge in [-0.15, -0.1) is 0 Å². The fourth-order valence-electron chi connectivity index (χ4n) is 1.53. The minimum absolute atomic E-state index is 0.0520. The van der Waals surface area contributed by atoms with Crippen molar-refractivity contribution < 1.29 is 4.92 Å². The third-order valence-electron chi connectivity index (χ3n) is 2.30. The molecule has 1 rings (SSSR count). The van der Waals surface area contributed by atoms with E-state index in [4.69, 9.17) is 5.73 Å². The number of rotatable bonds is 6. The third-order valence-corrected chi connectivity index (χ3v) is 2.30. The van der Waals surface area contributed by atoms with Crippen molar-refractivity contribution in [1.82, 2.24) is 9.78 Å². The third kappa shape index (κ3) is 3.04. The molecule has 0 spiro atoms. The van der Waals surface area contributed by atoms with E-state index in [0.29, 0.717) is 31.0 Å². The maximum atomic E-state index is 11.0. The topological polar surface area (TPSA) is 99.0 Å². The molecule has 0 radical (unpaired) electrons. The molecule has 0 atom stereocenters. The van der Waals surface area contributed by atoms with Crippen LogP contribution in [-0.4, -0.2) is 27.8 Å². The van der Waals surface area contributed by atoms with E-state index < -0.39 is 4.92 Å². The number of hydrogen-bond acceptors (Lipinski definition) is 5. The minimum atomic E-state index is -0.402. The first-order chi connectivity index (χ1) is 8.11. The van der Waals surface area contributed by atoms with Crippen LogP contribution < -0.4 is 11.1 Å². The van der Waals surface area contributed by atoms with Crippen molar-refractivity contribution in [2.75, 3.05) is 18.4 Å².